The third kappa shape index (κ3) is 2.68. The molecule has 2 rings (SSSR count). The van der Waals surface area contributed by atoms with E-state index in [2.05, 4.69) is 0 Å². The van der Waals surface area contributed by atoms with E-state index < -0.39 is 25.0 Å². The van der Waals surface area contributed by atoms with Crippen LogP contribution in [-0.4, -0.2) is 35.7 Å². The zero-order valence-corrected chi connectivity index (χ0v) is 9.15. The summed E-state index contributed by atoms with van der Waals surface area (Å²) >= 11 is 0. The Balaban J connectivity index is 1.99. The Morgan fingerprint density at radius 2 is 2.17 bits per heavy atom. The highest BCUT2D eigenvalue weighted by Crippen LogP contribution is 2.35. The van der Waals surface area contributed by atoms with E-state index in [1.165, 1.54) is 18.2 Å². The Bertz CT molecular complexity index is 433. The molecule has 1 aromatic rings. The molecule has 0 saturated carbocycles. The van der Waals surface area contributed by atoms with Gasteiger partial charge in [0.1, 0.15) is 30.8 Å². The van der Waals surface area contributed by atoms with Crippen molar-refractivity contribution < 1.29 is 32.9 Å². The van der Waals surface area contributed by atoms with E-state index in [0.29, 0.717) is 11.3 Å². The van der Waals surface area contributed by atoms with E-state index in [4.69, 9.17) is 14.6 Å². The quantitative estimate of drug-likeness (QED) is 0.866. The number of halogens is 3. The average Bonchev–Trinajstić information content (AvgIpc) is 2.66. The molecule has 2 atom stereocenters. The molecule has 0 radical (unpaired) electrons. The molecule has 0 amide bonds. The topological polar surface area (TPSA) is 58.9 Å². The number of aliphatic hydroxyl groups is 2. The van der Waals surface area contributed by atoms with Crippen LogP contribution >= 0.6 is 0 Å². The van der Waals surface area contributed by atoms with E-state index in [-0.39, 0.29) is 12.4 Å². The fourth-order valence-corrected chi connectivity index (χ4v) is 1.53. The number of ether oxygens (including phenoxy) is 2. The minimum atomic E-state index is -4.70. The Morgan fingerprint density at radius 3 is 2.83 bits per heavy atom. The summed E-state index contributed by atoms with van der Waals surface area (Å²) in [4.78, 5) is 0. The van der Waals surface area contributed by atoms with Gasteiger partial charge in [-0.15, -0.1) is 0 Å². The summed E-state index contributed by atoms with van der Waals surface area (Å²) < 4.78 is 46.0. The standard InChI is InChI=1S/C11H11F3O4/c12-11(13,14)10(16)5-17-6-1-2-7-8(15)4-18-9(7)3-6/h1-3,8,10,15-16H,4-5H2. The van der Waals surface area contributed by atoms with Gasteiger partial charge < -0.3 is 19.7 Å². The number of alkyl halides is 3. The van der Waals surface area contributed by atoms with Crippen molar-refractivity contribution in [1.29, 1.82) is 0 Å². The van der Waals surface area contributed by atoms with Gasteiger partial charge in [0.2, 0.25) is 0 Å². The maximum atomic E-state index is 12.0. The van der Waals surface area contributed by atoms with Gasteiger partial charge >= 0.3 is 6.18 Å². The van der Waals surface area contributed by atoms with Gasteiger partial charge in [-0.1, -0.05) is 0 Å². The van der Waals surface area contributed by atoms with Crippen LogP contribution in [0.25, 0.3) is 0 Å². The number of benzene rings is 1. The molecule has 1 aliphatic heterocycles. The normalized spacial score (nSPS) is 20.2. The largest absolute Gasteiger partial charge is 0.490 e. The van der Waals surface area contributed by atoms with Crippen molar-refractivity contribution in [3.05, 3.63) is 23.8 Å². The monoisotopic (exact) mass is 264 g/mol. The van der Waals surface area contributed by atoms with E-state index in [1.54, 1.807) is 0 Å². The first-order valence-electron chi connectivity index (χ1n) is 5.20. The molecule has 1 aliphatic rings. The molecule has 1 heterocycles. The van der Waals surface area contributed by atoms with Crippen molar-refractivity contribution in [2.75, 3.05) is 13.2 Å². The van der Waals surface area contributed by atoms with E-state index in [0.717, 1.165) is 0 Å². The van der Waals surface area contributed by atoms with Crippen molar-refractivity contribution in [3.63, 3.8) is 0 Å². The van der Waals surface area contributed by atoms with Crippen LogP contribution in [0.5, 0.6) is 11.5 Å². The minimum Gasteiger partial charge on any atom is -0.490 e. The van der Waals surface area contributed by atoms with Crippen molar-refractivity contribution in [2.24, 2.45) is 0 Å². The first-order valence-corrected chi connectivity index (χ1v) is 5.20. The number of rotatable bonds is 3. The van der Waals surface area contributed by atoms with Crippen LogP contribution in [0.15, 0.2) is 18.2 Å². The number of aliphatic hydroxyl groups excluding tert-OH is 2. The molecular weight excluding hydrogens is 253 g/mol. The van der Waals surface area contributed by atoms with Gasteiger partial charge in [0.15, 0.2) is 6.10 Å². The highest BCUT2D eigenvalue weighted by Gasteiger charge is 2.38. The zero-order chi connectivity index (χ0) is 13.3. The summed E-state index contributed by atoms with van der Waals surface area (Å²) in [6.45, 7) is -0.769. The summed E-state index contributed by atoms with van der Waals surface area (Å²) in [5.41, 5.74) is 0.568. The molecule has 0 spiro atoms. The summed E-state index contributed by atoms with van der Waals surface area (Å²) in [5.74, 6) is 0.521. The second-order valence-electron chi connectivity index (χ2n) is 3.89. The fraction of sp³-hybridized carbons (Fsp3) is 0.455. The lowest BCUT2D eigenvalue weighted by Crippen LogP contribution is -2.34. The minimum absolute atomic E-state index is 0.115. The van der Waals surface area contributed by atoms with Crippen LogP contribution < -0.4 is 9.47 Å². The Hall–Kier alpha value is -1.47. The Morgan fingerprint density at radius 1 is 1.44 bits per heavy atom. The molecule has 7 heteroatoms. The predicted molar refractivity (Wildman–Crippen MR) is 54.5 cm³/mol. The molecule has 2 unspecified atom stereocenters. The predicted octanol–water partition coefficient (Wildman–Crippen LogP) is 1.41. The number of hydrogen-bond donors (Lipinski definition) is 2. The van der Waals surface area contributed by atoms with Gasteiger partial charge in [0.05, 0.1) is 0 Å². The summed E-state index contributed by atoms with van der Waals surface area (Å²) in [5, 5.41) is 18.2. The molecule has 0 aliphatic carbocycles. The molecule has 100 valence electrons. The van der Waals surface area contributed by atoms with Crippen LogP contribution in [-0.2, 0) is 0 Å². The lowest BCUT2D eigenvalue weighted by atomic mass is 10.1. The molecular formula is C11H11F3O4. The molecule has 0 saturated heterocycles. The SMILES string of the molecule is OC1COc2cc(OCC(O)C(F)(F)F)ccc21. The molecule has 1 aromatic carbocycles. The van der Waals surface area contributed by atoms with Crippen LogP contribution in [0.3, 0.4) is 0 Å². The van der Waals surface area contributed by atoms with Gasteiger partial charge in [0, 0.05) is 11.6 Å². The van der Waals surface area contributed by atoms with Gasteiger partial charge in [-0.3, -0.25) is 0 Å². The molecule has 2 N–H and O–H groups in total. The second-order valence-corrected chi connectivity index (χ2v) is 3.89. The zero-order valence-electron chi connectivity index (χ0n) is 9.15. The highest BCUT2D eigenvalue weighted by atomic mass is 19.4. The summed E-state index contributed by atoms with van der Waals surface area (Å²) in [6, 6.07) is 4.32. The van der Waals surface area contributed by atoms with Gasteiger partial charge in [0.25, 0.3) is 0 Å². The Labute approximate surface area is 101 Å². The van der Waals surface area contributed by atoms with Crippen molar-refractivity contribution in [2.45, 2.75) is 18.4 Å². The van der Waals surface area contributed by atoms with Crippen molar-refractivity contribution in [3.8, 4) is 11.5 Å². The van der Waals surface area contributed by atoms with Crippen LogP contribution in [0, 0.1) is 0 Å². The van der Waals surface area contributed by atoms with Crippen molar-refractivity contribution >= 4 is 0 Å². The summed E-state index contributed by atoms with van der Waals surface area (Å²) in [6.07, 6.45) is -7.96. The van der Waals surface area contributed by atoms with Crippen molar-refractivity contribution in [1.82, 2.24) is 0 Å². The molecule has 0 bridgehead atoms. The lowest BCUT2D eigenvalue weighted by molar-refractivity contribution is -0.210. The Kier molecular flexibility index (Phi) is 3.36. The van der Waals surface area contributed by atoms with Gasteiger partial charge in [-0.05, 0) is 12.1 Å². The fourth-order valence-electron chi connectivity index (χ4n) is 1.53. The maximum Gasteiger partial charge on any atom is 0.417 e. The number of fused-ring (bicyclic) bond motifs is 1. The van der Waals surface area contributed by atoms with Gasteiger partial charge in [-0.2, -0.15) is 13.2 Å². The van der Waals surface area contributed by atoms with Crippen LogP contribution in [0.1, 0.15) is 11.7 Å². The molecule has 0 aromatic heterocycles. The highest BCUT2D eigenvalue weighted by molar-refractivity contribution is 5.44. The van der Waals surface area contributed by atoms with E-state index >= 15 is 0 Å². The first kappa shape index (κ1) is 13.0. The smallest absolute Gasteiger partial charge is 0.417 e. The molecule has 18 heavy (non-hydrogen) atoms. The molecule has 4 nitrogen and oxygen atoms in total. The first-order chi connectivity index (χ1) is 8.38. The van der Waals surface area contributed by atoms with E-state index in [1.807, 2.05) is 0 Å². The van der Waals surface area contributed by atoms with Crippen LogP contribution in [0.2, 0.25) is 0 Å². The van der Waals surface area contributed by atoms with Crippen LogP contribution in [0.4, 0.5) is 13.2 Å². The second kappa shape index (κ2) is 4.66. The van der Waals surface area contributed by atoms with E-state index in [9.17, 15) is 18.3 Å². The third-order valence-electron chi connectivity index (χ3n) is 2.53. The maximum absolute atomic E-state index is 12.0. The lowest BCUT2D eigenvalue weighted by Gasteiger charge is -2.15. The molecule has 0 fully saturated rings. The average molecular weight is 264 g/mol. The van der Waals surface area contributed by atoms with Gasteiger partial charge in [-0.25, -0.2) is 0 Å². The summed E-state index contributed by atoms with van der Waals surface area (Å²) in [7, 11) is 0. The number of hydrogen-bond acceptors (Lipinski definition) is 4. The third-order valence-corrected chi connectivity index (χ3v) is 2.53.